The van der Waals surface area contributed by atoms with Crippen LogP contribution in [0.4, 0.5) is 0 Å². The van der Waals surface area contributed by atoms with Gasteiger partial charge in [0.15, 0.2) is 0 Å². The highest BCUT2D eigenvalue weighted by molar-refractivity contribution is 5.46. The second kappa shape index (κ2) is 6.56. The maximum atomic E-state index is 5.78. The summed E-state index contributed by atoms with van der Waals surface area (Å²) in [7, 11) is 3.27. The van der Waals surface area contributed by atoms with Gasteiger partial charge in [0.25, 0.3) is 0 Å². The molecule has 0 fully saturated rings. The third kappa shape index (κ3) is 3.15. The second-order valence-corrected chi connectivity index (χ2v) is 4.83. The molecule has 21 heavy (non-hydrogen) atoms. The number of hydrogen-bond donors (Lipinski definition) is 2. The molecular formula is C16H21N3O2. The fourth-order valence-corrected chi connectivity index (χ4v) is 2.41. The van der Waals surface area contributed by atoms with Gasteiger partial charge in [0.05, 0.1) is 20.3 Å². The Morgan fingerprint density at radius 1 is 1.05 bits per heavy atom. The molecule has 0 spiro atoms. The molecule has 1 heterocycles. The Hall–Kier alpha value is -2.11. The summed E-state index contributed by atoms with van der Waals surface area (Å²) in [4.78, 5) is 4.50. The Bertz CT molecular complexity index is 629. The Morgan fingerprint density at radius 2 is 1.81 bits per heavy atom. The SMILES string of the molecule is COc1ccc(OC)c(C(NN)c2ccc(C)nc2C)c1. The van der Waals surface area contributed by atoms with E-state index in [1.54, 1.807) is 14.2 Å². The molecule has 2 aromatic rings. The molecule has 0 radical (unpaired) electrons. The predicted molar refractivity (Wildman–Crippen MR) is 82.4 cm³/mol. The van der Waals surface area contributed by atoms with Crippen molar-refractivity contribution in [3.63, 3.8) is 0 Å². The van der Waals surface area contributed by atoms with E-state index in [-0.39, 0.29) is 6.04 Å². The van der Waals surface area contributed by atoms with Crippen LogP contribution in [-0.2, 0) is 0 Å². The monoisotopic (exact) mass is 287 g/mol. The summed E-state index contributed by atoms with van der Waals surface area (Å²) in [5, 5.41) is 0. The van der Waals surface area contributed by atoms with Gasteiger partial charge in [-0.15, -0.1) is 0 Å². The molecule has 0 aliphatic rings. The van der Waals surface area contributed by atoms with E-state index >= 15 is 0 Å². The van der Waals surface area contributed by atoms with Crippen molar-refractivity contribution in [2.24, 2.45) is 5.84 Å². The highest BCUT2D eigenvalue weighted by atomic mass is 16.5. The maximum absolute atomic E-state index is 5.78. The normalized spacial score (nSPS) is 12.0. The summed E-state index contributed by atoms with van der Waals surface area (Å²) in [5.41, 5.74) is 6.67. The number of ether oxygens (including phenoxy) is 2. The number of rotatable bonds is 5. The molecule has 1 aromatic heterocycles. The van der Waals surface area contributed by atoms with Gasteiger partial charge in [0.1, 0.15) is 11.5 Å². The van der Waals surface area contributed by atoms with E-state index in [2.05, 4.69) is 10.4 Å². The van der Waals surface area contributed by atoms with E-state index in [1.165, 1.54) is 0 Å². The number of benzene rings is 1. The number of aromatic nitrogens is 1. The number of nitrogens with one attached hydrogen (secondary N) is 1. The van der Waals surface area contributed by atoms with E-state index in [1.807, 2.05) is 44.2 Å². The van der Waals surface area contributed by atoms with Gasteiger partial charge in [-0.1, -0.05) is 6.07 Å². The summed E-state index contributed by atoms with van der Waals surface area (Å²) in [6.45, 7) is 3.94. The molecule has 1 aromatic carbocycles. The molecule has 2 rings (SSSR count). The van der Waals surface area contributed by atoms with Crippen LogP contribution in [0, 0.1) is 13.8 Å². The molecule has 0 aliphatic heterocycles. The average molecular weight is 287 g/mol. The number of hydrazine groups is 1. The van der Waals surface area contributed by atoms with Gasteiger partial charge in [-0.25, -0.2) is 5.43 Å². The van der Waals surface area contributed by atoms with Gasteiger partial charge in [-0.05, 0) is 43.7 Å². The Kier molecular flexibility index (Phi) is 4.77. The zero-order valence-electron chi connectivity index (χ0n) is 12.8. The van der Waals surface area contributed by atoms with Gasteiger partial charge in [0, 0.05) is 17.0 Å². The van der Waals surface area contributed by atoms with Crippen LogP contribution in [0.25, 0.3) is 0 Å². The average Bonchev–Trinajstić information content (AvgIpc) is 2.49. The fraction of sp³-hybridized carbons (Fsp3) is 0.312. The Labute approximate surface area is 125 Å². The zero-order chi connectivity index (χ0) is 15.4. The van der Waals surface area contributed by atoms with Crippen molar-refractivity contribution in [2.75, 3.05) is 14.2 Å². The highest BCUT2D eigenvalue weighted by Gasteiger charge is 2.20. The summed E-state index contributed by atoms with van der Waals surface area (Å²) in [6.07, 6.45) is 0. The quantitative estimate of drug-likeness (QED) is 0.652. The number of pyridine rings is 1. The second-order valence-electron chi connectivity index (χ2n) is 4.83. The minimum Gasteiger partial charge on any atom is -0.497 e. The molecule has 5 heteroatoms. The van der Waals surface area contributed by atoms with Crippen LogP contribution >= 0.6 is 0 Å². The first-order valence-electron chi connectivity index (χ1n) is 6.73. The molecule has 0 bridgehead atoms. The van der Waals surface area contributed by atoms with E-state index in [0.717, 1.165) is 34.0 Å². The smallest absolute Gasteiger partial charge is 0.124 e. The van der Waals surface area contributed by atoms with Crippen LogP contribution in [-0.4, -0.2) is 19.2 Å². The minimum atomic E-state index is -0.219. The van der Waals surface area contributed by atoms with E-state index in [4.69, 9.17) is 15.3 Å². The molecule has 0 saturated carbocycles. The van der Waals surface area contributed by atoms with E-state index in [9.17, 15) is 0 Å². The number of methoxy groups -OCH3 is 2. The first kappa shape index (κ1) is 15.3. The van der Waals surface area contributed by atoms with Gasteiger partial charge in [-0.3, -0.25) is 10.8 Å². The van der Waals surface area contributed by atoms with Gasteiger partial charge < -0.3 is 9.47 Å². The first-order chi connectivity index (χ1) is 10.1. The maximum Gasteiger partial charge on any atom is 0.124 e. The summed E-state index contributed by atoms with van der Waals surface area (Å²) < 4.78 is 10.7. The zero-order valence-corrected chi connectivity index (χ0v) is 12.8. The summed E-state index contributed by atoms with van der Waals surface area (Å²) in [6, 6.07) is 9.43. The van der Waals surface area contributed by atoms with Crippen molar-refractivity contribution < 1.29 is 9.47 Å². The molecular weight excluding hydrogens is 266 g/mol. The lowest BCUT2D eigenvalue weighted by Gasteiger charge is -2.21. The van der Waals surface area contributed by atoms with Crippen LogP contribution in [0.1, 0.15) is 28.6 Å². The van der Waals surface area contributed by atoms with E-state index in [0.29, 0.717) is 0 Å². The lowest BCUT2D eigenvalue weighted by atomic mass is 9.96. The number of nitrogens with zero attached hydrogens (tertiary/aromatic N) is 1. The van der Waals surface area contributed by atoms with Crippen molar-refractivity contribution >= 4 is 0 Å². The van der Waals surface area contributed by atoms with Gasteiger partial charge in [-0.2, -0.15) is 0 Å². The third-order valence-electron chi connectivity index (χ3n) is 3.49. The van der Waals surface area contributed by atoms with Crippen LogP contribution in [0.15, 0.2) is 30.3 Å². The predicted octanol–water partition coefficient (Wildman–Crippen LogP) is 2.27. The van der Waals surface area contributed by atoms with Crippen molar-refractivity contribution in [3.8, 4) is 11.5 Å². The standard InChI is InChI=1S/C16H21N3O2/c1-10-5-7-13(11(2)18-10)16(19-17)14-9-12(20-3)6-8-15(14)21-4/h5-9,16,19H,17H2,1-4H3. The lowest BCUT2D eigenvalue weighted by Crippen LogP contribution is -2.30. The molecule has 1 atom stereocenters. The van der Waals surface area contributed by atoms with Crippen molar-refractivity contribution in [1.29, 1.82) is 0 Å². The fourth-order valence-electron chi connectivity index (χ4n) is 2.41. The third-order valence-corrected chi connectivity index (χ3v) is 3.49. The lowest BCUT2D eigenvalue weighted by molar-refractivity contribution is 0.394. The minimum absolute atomic E-state index is 0.219. The molecule has 0 amide bonds. The highest BCUT2D eigenvalue weighted by Crippen LogP contribution is 2.33. The van der Waals surface area contributed by atoms with Crippen molar-refractivity contribution in [3.05, 3.63) is 52.8 Å². The number of aryl methyl sites for hydroxylation is 2. The van der Waals surface area contributed by atoms with Crippen molar-refractivity contribution in [2.45, 2.75) is 19.9 Å². The molecule has 3 N–H and O–H groups in total. The molecule has 5 nitrogen and oxygen atoms in total. The van der Waals surface area contributed by atoms with Gasteiger partial charge in [0.2, 0.25) is 0 Å². The topological polar surface area (TPSA) is 69.4 Å². The van der Waals surface area contributed by atoms with E-state index < -0.39 is 0 Å². The van der Waals surface area contributed by atoms with Crippen LogP contribution in [0.3, 0.4) is 0 Å². The Balaban J connectivity index is 2.54. The number of nitrogens with two attached hydrogens (primary N) is 1. The molecule has 0 aliphatic carbocycles. The van der Waals surface area contributed by atoms with Crippen LogP contribution < -0.4 is 20.7 Å². The van der Waals surface area contributed by atoms with Crippen LogP contribution in [0.5, 0.6) is 11.5 Å². The summed E-state index contributed by atoms with van der Waals surface area (Å²) in [5.74, 6) is 7.29. The Morgan fingerprint density at radius 3 is 2.38 bits per heavy atom. The first-order valence-corrected chi connectivity index (χ1v) is 6.73. The summed E-state index contributed by atoms with van der Waals surface area (Å²) >= 11 is 0. The van der Waals surface area contributed by atoms with Crippen LogP contribution in [0.2, 0.25) is 0 Å². The molecule has 1 unspecified atom stereocenters. The van der Waals surface area contributed by atoms with Gasteiger partial charge >= 0.3 is 0 Å². The molecule has 0 saturated heterocycles. The molecule has 112 valence electrons. The van der Waals surface area contributed by atoms with Crippen molar-refractivity contribution in [1.82, 2.24) is 10.4 Å². The number of hydrogen-bond acceptors (Lipinski definition) is 5. The largest absolute Gasteiger partial charge is 0.497 e.